The summed E-state index contributed by atoms with van der Waals surface area (Å²) in [6.07, 6.45) is 6.22. The summed E-state index contributed by atoms with van der Waals surface area (Å²) in [5.74, 6) is -0.192. The summed E-state index contributed by atoms with van der Waals surface area (Å²) in [7, 11) is 0. The van der Waals surface area contributed by atoms with Crippen molar-refractivity contribution >= 4 is 39.3 Å². The van der Waals surface area contributed by atoms with Gasteiger partial charge in [0.15, 0.2) is 5.13 Å². The molecule has 1 fully saturated rings. The SMILES string of the molecule is Cc1nc(N2CCN(CCc3c[nH]c4ccccc34)C2=O)sc1C(=O)NCc1cccnc1. The normalized spacial score (nSPS) is 13.8. The Morgan fingerprint density at radius 1 is 1.21 bits per heavy atom. The number of hydrogen-bond donors (Lipinski definition) is 2. The number of H-pyrrole nitrogens is 1. The summed E-state index contributed by atoms with van der Waals surface area (Å²) < 4.78 is 0. The zero-order valence-corrected chi connectivity index (χ0v) is 19.1. The van der Waals surface area contributed by atoms with Crippen molar-refractivity contribution in [1.29, 1.82) is 0 Å². The van der Waals surface area contributed by atoms with Crippen LogP contribution in [0.5, 0.6) is 0 Å². The Morgan fingerprint density at radius 3 is 2.94 bits per heavy atom. The number of aromatic amines is 1. The van der Waals surface area contributed by atoms with Crippen molar-refractivity contribution in [3.05, 3.63) is 76.7 Å². The maximum absolute atomic E-state index is 13.0. The van der Waals surface area contributed by atoms with Crippen LogP contribution in [-0.2, 0) is 13.0 Å². The van der Waals surface area contributed by atoms with E-state index in [0.29, 0.717) is 41.9 Å². The lowest BCUT2D eigenvalue weighted by Gasteiger charge is -2.16. The van der Waals surface area contributed by atoms with E-state index in [1.807, 2.05) is 35.4 Å². The van der Waals surface area contributed by atoms with Gasteiger partial charge < -0.3 is 15.2 Å². The number of carbonyl (C=O) groups is 2. The van der Waals surface area contributed by atoms with Crippen molar-refractivity contribution in [2.75, 3.05) is 24.5 Å². The molecule has 5 rings (SSSR count). The highest BCUT2D eigenvalue weighted by Crippen LogP contribution is 2.29. The fraction of sp³-hybridized carbons (Fsp3) is 0.250. The van der Waals surface area contributed by atoms with Crippen molar-refractivity contribution in [1.82, 2.24) is 25.2 Å². The van der Waals surface area contributed by atoms with Crippen LogP contribution in [0.15, 0.2) is 55.0 Å². The zero-order valence-electron chi connectivity index (χ0n) is 18.2. The van der Waals surface area contributed by atoms with Crippen LogP contribution in [0.4, 0.5) is 9.93 Å². The third-order valence-electron chi connectivity index (χ3n) is 5.82. The minimum Gasteiger partial charge on any atom is -0.361 e. The largest absolute Gasteiger partial charge is 0.361 e. The summed E-state index contributed by atoms with van der Waals surface area (Å²) in [4.78, 5) is 41.6. The number of nitrogens with one attached hydrogen (secondary N) is 2. The number of urea groups is 1. The number of aryl methyl sites for hydroxylation is 1. The summed E-state index contributed by atoms with van der Waals surface area (Å²) in [6.45, 7) is 4.04. The van der Waals surface area contributed by atoms with Gasteiger partial charge in [-0.2, -0.15) is 0 Å². The smallest absolute Gasteiger partial charge is 0.326 e. The van der Waals surface area contributed by atoms with Crippen LogP contribution < -0.4 is 10.2 Å². The molecule has 3 aromatic heterocycles. The summed E-state index contributed by atoms with van der Waals surface area (Å²) in [5.41, 5.74) is 3.86. The Kier molecular flexibility index (Phi) is 5.78. The van der Waals surface area contributed by atoms with Crippen LogP contribution in [-0.4, -0.2) is 51.4 Å². The number of benzene rings is 1. The number of anilines is 1. The second kappa shape index (κ2) is 9.03. The third-order valence-corrected chi connectivity index (χ3v) is 7.00. The maximum Gasteiger partial charge on any atom is 0.326 e. The van der Waals surface area contributed by atoms with Crippen molar-refractivity contribution in [3.8, 4) is 0 Å². The monoisotopic (exact) mass is 460 g/mol. The highest BCUT2D eigenvalue weighted by Gasteiger charge is 2.32. The van der Waals surface area contributed by atoms with E-state index in [2.05, 4.69) is 32.4 Å². The number of nitrogens with zero attached hydrogens (tertiary/aromatic N) is 4. The number of para-hydroxylation sites is 1. The summed E-state index contributed by atoms with van der Waals surface area (Å²) in [5, 5.41) is 4.67. The second-order valence-electron chi connectivity index (χ2n) is 7.99. The Bertz CT molecular complexity index is 1300. The molecule has 0 spiro atoms. The zero-order chi connectivity index (χ0) is 22.8. The fourth-order valence-electron chi connectivity index (χ4n) is 4.04. The molecule has 0 radical (unpaired) electrons. The minimum absolute atomic E-state index is 0.0640. The van der Waals surface area contributed by atoms with Gasteiger partial charge in [-0.3, -0.25) is 14.7 Å². The van der Waals surface area contributed by atoms with E-state index in [4.69, 9.17) is 0 Å². The predicted octanol–water partition coefficient (Wildman–Crippen LogP) is 3.74. The number of thiazole rings is 1. The minimum atomic E-state index is -0.192. The molecule has 0 bridgehead atoms. The van der Waals surface area contributed by atoms with Gasteiger partial charge in [0.1, 0.15) is 4.88 Å². The number of hydrogen-bond acceptors (Lipinski definition) is 5. The number of pyridine rings is 1. The lowest BCUT2D eigenvalue weighted by atomic mass is 10.1. The molecule has 3 amide bonds. The van der Waals surface area contributed by atoms with Crippen LogP contribution in [0.3, 0.4) is 0 Å². The molecule has 4 aromatic rings. The first kappa shape index (κ1) is 21.1. The van der Waals surface area contributed by atoms with E-state index in [1.54, 1.807) is 24.2 Å². The first-order chi connectivity index (χ1) is 16.1. The highest BCUT2D eigenvalue weighted by atomic mass is 32.1. The van der Waals surface area contributed by atoms with Gasteiger partial charge in [0, 0.05) is 55.7 Å². The lowest BCUT2D eigenvalue weighted by Crippen LogP contribution is -2.33. The number of rotatable bonds is 7. The molecule has 1 aromatic carbocycles. The van der Waals surface area contributed by atoms with Gasteiger partial charge >= 0.3 is 6.03 Å². The van der Waals surface area contributed by atoms with Gasteiger partial charge in [0.2, 0.25) is 0 Å². The molecule has 0 aliphatic carbocycles. The first-order valence-corrected chi connectivity index (χ1v) is 11.7. The molecule has 1 saturated heterocycles. The molecule has 168 valence electrons. The van der Waals surface area contributed by atoms with Crippen LogP contribution in [0.1, 0.15) is 26.5 Å². The van der Waals surface area contributed by atoms with Gasteiger partial charge in [-0.15, -0.1) is 0 Å². The number of fused-ring (bicyclic) bond motifs is 1. The van der Waals surface area contributed by atoms with Crippen LogP contribution >= 0.6 is 11.3 Å². The molecule has 4 heterocycles. The van der Waals surface area contributed by atoms with E-state index < -0.39 is 0 Å². The molecule has 1 aliphatic rings. The van der Waals surface area contributed by atoms with Crippen LogP contribution in [0.2, 0.25) is 0 Å². The molecular weight excluding hydrogens is 436 g/mol. The molecule has 33 heavy (non-hydrogen) atoms. The molecule has 0 atom stereocenters. The summed E-state index contributed by atoms with van der Waals surface area (Å²) >= 11 is 1.26. The fourth-order valence-corrected chi connectivity index (χ4v) is 5.04. The molecule has 1 aliphatic heterocycles. The Balaban J connectivity index is 1.22. The van der Waals surface area contributed by atoms with Crippen molar-refractivity contribution in [2.24, 2.45) is 0 Å². The lowest BCUT2D eigenvalue weighted by molar-refractivity contribution is 0.0954. The van der Waals surface area contributed by atoms with E-state index in [0.717, 1.165) is 17.5 Å². The number of aromatic nitrogens is 3. The first-order valence-electron chi connectivity index (χ1n) is 10.9. The third kappa shape index (κ3) is 4.31. The average molecular weight is 461 g/mol. The van der Waals surface area contributed by atoms with Crippen molar-refractivity contribution in [2.45, 2.75) is 19.9 Å². The van der Waals surface area contributed by atoms with E-state index in [-0.39, 0.29) is 11.9 Å². The van der Waals surface area contributed by atoms with Gasteiger partial charge in [0.25, 0.3) is 5.91 Å². The average Bonchev–Trinajstić information content (AvgIpc) is 3.53. The van der Waals surface area contributed by atoms with Crippen LogP contribution in [0.25, 0.3) is 10.9 Å². The number of amides is 3. The van der Waals surface area contributed by atoms with Gasteiger partial charge in [-0.1, -0.05) is 35.6 Å². The molecule has 0 saturated carbocycles. The quantitative estimate of drug-likeness (QED) is 0.439. The Hall–Kier alpha value is -3.72. The molecular formula is C24H24N6O2S. The Labute approximate surface area is 195 Å². The van der Waals surface area contributed by atoms with Crippen molar-refractivity contribution < 1.29 is 9.59 Å². The van der Waals surface area contributed by atoms with Crippen LogP contribution in [0, 0.1) is 6.92 Å². The molecule has 2 N–H and O–H groups in total. The predicted molar refractivity (Wildman–Crippen MR) is 129 cm³/mol. The van der Waals surface area contributed by atoms with Gasteiger partial charge in [-0.05, 0) is 36.6 Å². The molecule has 8 nitrogen and oxygen atoms in total. The topological polar surface area (TPSA) is 94.2 Å². The maximum atomic E-state index is 13.0. The van der Waals surface area contributed by atoms with Gasteiger partial charge in [-0.25, -0.2) is 9.78 Å². The second-order valence-corrected chi connectivity index (χ2v) is 8.96. The van der Waals surface area contributed by atoms with Gasteiger partial charge in [0.05, 0.1) is 5.69 Å². The number of carbonyl (C=O) groups excluding carboxylic acids is 2. The molecule has 9 heteroatoms. The standard InChI is InChI=1S/C24H24N6O2S/c1-16-21(22(31)27-14-17-5-4-9-25-13-17)33-23(28-16)30-12-11-29(24(30)32)10-8-18-15-26-20-7-3-2-6-19(18)20/h2-7,9,13,15,26H,8,10-12,14H2,1H3,(H,27,31). The van der Waals surface area contributed by atoms with E-state index in [9.17, 15) is 9.59 Å². The highest BCUT2D eigenvalue weighted by molar-refractivity contribution is 7.17. The summed E-state index contributed by atoms with van der Waals surface area (Å²) in [6, 6.07) is 11.9. The van der Waals surface area contributed by atoms with Crippen molar-refractivity contribution in [3.63, 3.8) is 0 Å². The van der Waals surface area contributed by atoms with E-state index in [1.165, 1.54) is 22.3 Å². The van der Waals surface area contributed by atoms with E-state index >= 15 is 0 Å². The Morgan fingerprint density at radius 2 is 2.09 bits per heavy atom. The molecule has 0 unspecified atom stereocenters.